The molecule has 0 radical (unpaired) electrons. The minimum absolute atomic E-state index is 0.0752. The number of hydrogen-bond donors (Lipinski definition) is 0. The summed E-state index contributed by atoms with van der Waals surface area (Å²) in [6.07, 6.45) is 1.87. The number of ether oxygens (including phenoxy) is 3. The van der Waals surface area contributed by atoms with Crippen molar-refractivity contribution < 1.29 is 14.2 Å². The average Bonchev–Trinajstić information content (AvgIpc) is 2.10. The molecule has 0 saturated heterocycles. The second kappa shape index (κ2) is 7.83. The van der Waals surface area contributed by atoms with Gasteiger partial charge in [-0.3, -0.25) is 0 Å². The van der Waals surface area contributed by atoms with Gasteiger partial charge in [0.25, 0.3) is 0 Å². The summed E-state index contributed by atoms with van der Waals surface area (Å²) >= 11 is 0. The van der Waals surface area contributed by atoms with Crippen molar-refractivity contribution in [2.24, 2.45) is 0 Å². The molecule has 0 heterocycles. The lowest BCUT2D eigenvalue weighted by molar-refractivity contribution is -0.0642. The zero-order chi connectivity index (χ0) is 11.0. The molecule has 0 aromatic heterocycles. The molecule has 0 amide bonds. The maximum Gasteiger partial charge on any atom is 0.113 e. The fourth-order valence-corrected chi connectivity index (χ4v) is 1.06. The molecule has 0 rings (SSSR count). The Morgan fingerprint density at radius 1 is 1.07 bits per heavy atom. The third-order valence-corrected chi connectivity index (χ3v) is 1.57. The van der Waals surface area contributed by atoms with Gasteiger partial charge < -0.3 is 14.2 Å². The van der Waals surface area contributed by atoms with E-state index in [9.17, 15) is 0 Å². The van der Waals surface area contributed by atoms with E-state index in [1.165, 1.54) is 6.26 Å². The van der Waals surface area contributed by atoms with Crippen LogP contribution >= 0.6 is 0 Å². The van der Waals surface area contributed by atoms with Crippen molar-refractivity contribution in [2.45, 2.75) is 46.0 Å². The maximum absolute atomic E-state index is 5.52. The standard InChI is InChI=1S/C11H22O3/c1-6-12-7-10(4)13-8-11(5)14-9(2)3/h6,9-11H,1,7-8H2,2-5H3. The van der Waals surface area contributed by atoms with Crippen LogP contribution in [0.25, 0.3) is 0 Å². The van der Waals surface area contributed by atoms with Crippen LogP contribution in [0.4, 0.5) is 0 Å². The van der Waals surface area contributed by atoms with Crippen molar-refractivity contribution in [1.82, 2.24) is 0 Å². The van der Waals surface area contributed by atoms with Gasteiger partial charge in [0.15, 0.2) is 0 Å². The molecular weight excluding hydrogens is 180 g/mol. The van der Waals surface area contributed by atoms with E-state index in [0.29, 0.717) is 13.2 Å². The molecule has 0 aliphatic carbocycles. The van der Waals surface area contributed by atoms with Crippen LogP contribution in [0.3, 0.4) is 0 Å². The van der Waals surface area contributed by atoms with E-state index in [0.717, 1.165) is 0 Å². The molecule has 0 spiro atoms. The molecule has 14 heavy (non-hydrogen) atoms. The first kappa shape index (κ1) is 13.5. The fourth-order valence-electron chi connectivity index (χ4n) is 1.06. The predicted octanol–water partition coefficient (Wildman–Crippen LogP) is 2.37. The first-order valence-corrected chi connectivity index (χ1v) is 5.05. The van der Waals surface area contributed by atoms with Gasteiger partial charge in [0.2, 0.25) is 0 Å². The highest BCUT2D eigenvalue weighted by Gasteiger charge is 2.08. The second-order valence-corrected chi connectivity index (χ2v) is 3.64. The van der Waals surface area contributed by atoms with Crippen molar-refractivity contribution in [3.05, 3.63) is 12.8 Å². The largest absolute Gasteiger partial charge is 0.499 e. The predicted molar refractivity (Wildman–Crippen MR) is 57.2 cm³/mol. The van der Waals surface area contributed by atoms with Crippen LogP contribution in [0.1, 0.15) is 27.7 Å². The highest BCUT2D eigenvalue weighted by molar-refractivity contribution is 4.56. The zero-order valence-electron chi connectivity index (χ0n) is 9.66. The molecule has 0 fully saturated rings. The molecule has 0 aliphatic heterocycles. The summed E-state index contributed by atoms with van der Waals surface area (Å²) in [5.41, 5.74) is 0. The Bertz CT molecular complexity index is 145. The molecule has 2 atom stereocenters. The molecule has 3 nitrogen and oxygen atoms in total. The Balaban J connectivity index is 3.45. The van der Waals surface area contributed by atoms with Gasteiger partial charge in [-0.2, -0.15) is 0 Å². The Hall–Kier alpha value is -0.540. The van der Waals surface area contributed by atoms with E-state index in [1.54, 1.807) is 0 Å². The summed E-state index contributed by atoms with van der Waals surface area (Å²) < 4.78 is 16.0. The molecule has 0 N–H and O–H groups in total. The van der Waals surface area contributed by atoms with E-state index in [-0.39, 0.29) is 18.3 Å². The molecule has 84 valence electrons. The maximum atomic E-state index is 5.52. The Kier molecular flexibility index (Phi) is 7.52. The highest BCUT2D eigenvalue weighted by atomic mass is 16.6. The quantitative estimate of drug-likeness (QED) is 0.565. The minimum Gasteiger partial charge on any atom is -0.499 e. The van der Waals surface area contributed by atoms with Gasteiger partial charge in [-0.25, -0.2) is 0 Å². The summed E-state index contributed by atoms with van der Waals surface area (Å²) in [5, 5.41) is 0. The average molecular weight is 202 g/mol. The van der Waals surface area contributed by atoms with Crippen molar-refractivity contribution >= 4 is 0 Å². The Morgan fingerprint density at radius 2 is 1.71 bits per heavy atom. The van der Waals surface area contributed by atoms with E-state index < -0.39 is 0 Å². The molecule has 0 saturated carbocycles. The van der Waals surface area contributed by atoms with E-state index in [4.69, 9.17) is 14.2 Å². The van der Waals surface area contributed by atoms with Gasteiger partial charge in [0.1, 0.15) is 6.61 Å². The molecular formula is C11H22O3. The molecule has 0 aromatic carbocycles. The smallest absolute Gasteiger partial charge is 0.113 e. The van der Waals surface area contributed by atoms with Crippen LogP contribution in [0.5, 0.6) is 0 Å². The fraction of sp³-hybridized carbons (Fsp3) is 0.818. The third-order valence-electron chi connectivity index (χ3n) is 1.57. The van der Waals surface area contributed by atoms with Gasteiger partial charge in [-0.1, -0.05) is 6.58 Å². The Morgan fingerprint density at radius 3 is 2.21 bits per heavy atom. The van der Waals surface area contributed by atoms with Gasteiger partial charge in [0, 0.05) is 0 Å². The van der Waals surface area contributed by atoms with E-state index in [1.807, 2.05) is 27.7 Å². The summed E-state index contributed by atoms with van der Waals surface area (Å²) in [4.78, 5) is 0. The van der Waals surface area contributed by atoms with Crippen molar-refractivity contribution in [3.63, 3.8) is 0 Å². The first-order chi connectivity index (χ1) is 6.56. The van der Waals surface area contributed by atoms with Gasteiger partial charge >= 0.3 is 0 Å². The van der Waals surface area contributed by atoms with Crippen molar-refractivity contribution in [3.8, 4) is 0 Å². The molecule has 0 bridgehead atoms. The van der Waals surface area contributed by atoms with Gasteiger partial charge in [0.05, 0.1) is 31.2 Å². The monoisotopic (exact) mass is 202 g/mol. The summed E-state index contributed by atoms with van der Waals surface area (Å²) in [6.45, 7) is 12.6. The topological polar surface area (TPSA) is 27.7 Å². The lowest BCUT2D eigenvalue weighted by atomic mass is 10.4. The van der Waals surface area contributed by atoms with Gasteiger partial charge in [-0.15, -0.1) is 0 Å². The lowest BCUT2D eigenvalue weighted by Crippen LogP contribution is -2.24. The van der Waals surface area contributed by atoms with Crippen LogP contribution < -0.4 is 0 Å². The SMILES string of the molecule is C=COCC(C)OCC(C)OC(C)C. The van der Waals surface area contributed by atoms with Crippen molar-refractivity contribution in [1.29, 1.82) is 0 Å². The van der Waals surface area contributed by atoms with Crippen LogP contribution in [0.2, 0.25) is 0 Å². The number of hydrogen-bond acceptors (Lipinski definition) is 3. The lowest BCUT2D eigenvalue weighted by Gasteiger charge is -2.19. The van der Waals surface area contributed by atoms with Gasteiger partial charge in [-0.05, 0) is 27.7 Å². The van der Waals surface area contributed by atoms with E-state index >= 15 is 0 Å². The molecule has 3 heteroatoms. The zero-order valence-corrected chi connectivity index (χ0v) is 9.66. The van der Waals surface area contributed by atoms with Crippen LogP contribution in [0, 0.1) is 0 Å². The third kappa shape index (κ3) is 8.08. The summed E-state index contributed by atoms with van der Waals surface area (Å²) in [5.74, 6) is 0. The van der Waals surface area contributed by atoms with E-state index in [2.05, 4.69) is 6.58 Å². The number of rotatable bonds is 8. The van der Waals surface area contributed by atoms with Crippen LogP contribution in [-0.2, 0) is 14.2 Å². The summed E-state index contributed by atoms with van der Waals surface area (Å²) in [7, 11) is 0. The summed E-state index contributed by atoms with van der Waals surface area (Å²) in [6, 6.07) is 0. The first-order valence-electron chi connectivity index (χ1n) is 5.05. The van der Waals surface area contributed by atoms with Crippen molar-refractivity contribution in [2.75, 3.05) is 13.2 Å². The van der Waals surface area contributed by atoms with Crippen LogP contribution in [-0.4, -0.2) is 31.5 Å². The normalized spacial score (nSPS) is 15.2. The second-order valence-electron chi connectivity index (χ2n) is 3.64. The molecule has 0 aromatic rings. The molecule has 0 aliphatic rings. The van der Waals surface area contributed by atoms with Crippen LogP contribution in [0.15, 0.2) is 12.8 Å². The highest BCUT2D eigenvalue weighted by Crippen LogP contribution is 2.00. The minimum atomic E-state index is 0.0752. The molecule has 2 unspecified atom stereocenters. The Labute approximate surface area is 87.0 Å².